The molecule has 7 nitrogen and oxygen atoms in total. The quantitative estimate of drug-likeness (QED) is 0.803. The van der Waals surface area contributed by atoms with Crippen molar-refractivity contribution in [2.75, 3.05) is 42.2 Å². The number of halogens is 2. The molecule has 1 saturated heterocycles. The van der Waals surface area contributed by atoms with Gasteiger partial charge in [0.05, 0.1) is 17.6 Å². The van der Waals surface area contributed by atoms with Crippen LogP contribution in [0.4, 0.5) is 30.6 Å². The highest BCUT2D eigenvalue weighted by molar-refractivity contribution is 7.88. The van der Waals surface area contributed by atoms with E-state index in [0.29, 0.717) is 43.1 Å². The molecule has 1 atom stereocenters. The van der Waals surface area contributed by atoms with Gasteiger partial charge in [0.25, 0.3) is 0 Å². The minimum Gasteiger partial charge on any atom is -0.338 e. The number of sulfonamides is 1. The minimum absolute atomic E-state index is 0.251. The van der Waals surface area contributed by atoms with E-state index in [9.17, 15) is 22.0 Å². The number of anilines is 3. The lowest BCUT2D eigenvalue weighted by molar-refractivity contribution is 0.214. The van der Waals surface area contributed by atoms with Crippen LogP contribution in [0.3, 0.4) is 0 Å². The van der Waals surface area contributed by atoms with Crippen molar-refractivity contribution in [3.8, 4) is 0 Å². The number of rotatable bonds is 3. The van der Waals surface area contributed by atoms with E-state index < -0.39 is 15.8 Å². The van der Waals surface area contributed by atoms with Crippen molar-refractivity contribution >= 4 is 33.1 Å². The molecule has 0 aromatic heterocycles. The van der Waals surface area contributed by atoms with Crippen LogP contribution in [-0.4, -0.2) is 57.8 Å². The Kier molecular flexibility index (Phi) is 5.37. The van der Waals surface area contributed by atoms with E-state index in [1.807, 2.05) is 4.90 Å². The molecule has 2 aromatic carbocycles. The molecule has 0 radical (unpaired) electrons. The summed E-state index contributed by atoms with van der Waals surface area (Å²) in [6.07, 6.45) is 1.63. The van der Waals surface area contributed by atoms with E-state index in [4.69, 9.17) is 0 Å². The summed E-state index contributed by atoms with van der Waals surface area (Å²) >= 11 is 0. The summed E-state index contributed by atoms with van der Waals surface area (Å²) in [7, 11) is -3.35. The molecule has 0 spiro atoms. The Hall–Kier alpha value is -2.72. The van der Waals surface area contributed by atoms with Crippen molar-refractivity contribution in [2.24, 2.45) is 0 Å². The largest absolute Gasteiger partial charge is 0.338 e. The second-order valence-electron chi connectivity index (χ2n) is 7.52. The van der Waals surface area contributed by atoms with Gasteiger partial charge >= 0.3 is 6.03 Å². The maximum absolute atomic E-state index is 14.0. The molecule has 160 valence electrons. The number of fused-ring (bicyclic) bond motifs is 1. The van der Waals surface area contributed by atoms with Gasteiger partial charge in [0.15, 0.2) is 0 Å². The van der Waals surface area contributed by atoms with Gasteiger partial charge in [-0.15, -0.1) is 0 Å². The van der Waals surface area contributed by atoms with Crippen molar-refractivity contribution < 1.29 is 22.0 Å². The monoisotopic (exact) mass is 436 g/mol. The highest BCUT2D eigenvalue weighted by atomic mass is 32.2. The summed E-state index contributed by atoms with van der Waals surface area (Å²) in [5, 5.41) is 0. The lowest BCUT2D eigenvalue weighted by atomic mass is 10.1. The Morgan fingerprint density at radius 3 is 2.40 bits per heavy atom. The van der Waals surface area contributed by atoms with Crippen LogP contribution in [0.5, 0.6) is 0 Å². The highest BCUT2D eigenvalue weighted by Gasteiger charge is 2.34. The first kappa shape index (κ1) is 20.5. The lowest BCUT2D eigenvalue weighted by Gasteiger charge is -2.39. The lowest BCUT2D eigenvalue weighted by Crippen LogP contribution is -2.49. The molecule has 1 fully saturated rings. The number of likely N-dealkylation sites (tertiary alicyclic amines) is 1. The van der Waals surface area contributed by atoms with Crippen molar-refractivity contribution in [1.82, 2.24) is 9.62 Å². The first-order valence-electron chi connectivity index (χ1n) is 9.58. The molecule has 10 heteroatoms. The SMILES string of the molecule is CS(=O)(=O)N[C@H]1CCN(C(=O)N2CCN(c3ccc(F)cc3)c3cc(F)ccc32)C1. The van der Waals surface area contributed by atoms with Gasteiger partial charge in [0, 0.05) is 37.9 Å². The van der Waals surface area contributed by atoms with E-state index >= 15 is 0 Å². The summed E-state index contributed by atoms with van der Waals surface area (Å²) in [4.78, 5) is 18.2. The molecule has 2 aromatic rings. The molecule has 0 aliphatic carbocycles. The molecule has 2 heterocycles. The number of amides is 2. The number of urea groups is 1. The van der Waals surface area contributed by atoms with Crippen LogP contribution in [0.25, 0.3) is 0 Å². The van der Waals surface area contributed by atoms with E-state index in [-0.39, 0.29) is 24.4 Å². The molecule has 0 bridgehead atoms. The third kappa shape index (κ3) is 4.24. The first-order chi connectivity index (χ1) is 14.2. The third-order valence-electron chi connectivity index (χ3n) is 5.27. The Labute approximate surface area is 173 Å². The van der Waals surface area contributed by atoms with Crippen LogP contribution in [0, 0.1) is 11.6 Å². The fourth-order valence-corrected chi connectivity index (χ4v) is 4.77. The van der Waals surface area contributed by atoms with Crippen molar-refractivity contribution in [3.63, 3.8) is 0 Å². The molecule has 2 aliphatic heterocycles. The van der Waals surface area contributed by atoms with Gasteiger partial charge in [0.2, 0.25) is 10.0 Å². The number of hydrogen-bond donors (Lipinski definition) is 1. The third-order valence-corrected chi connectivity index (χ3v) is 6.04. The number of carbonyl (C=O) groups is 1. The van der Waals surface area contributed by atoms with Crippen LogP contribution < -0.4 is 14.5 Å². The van der Waals surface area contributed by atoms with Crippen LogP contribution in [0.1, 0.15) is 6.42 Å². The maximum Gasteiger partial charge on any atom is 0.324 e. The molecule has 2 amide bonds. The van der Waals surface area contributed by atoms with Crippen molar-refractivity contribution in [3.05, 3.63) is 54.1 Å². The molecular formula is C20H22F2N4O3S. The number of nitrogens with one attached hydrogen (secondary N) is 1. The molecule has 1 N–H and O–H groups in total. The number of nitrogens with zero attached hydrogens (tertiary/aromatic N) is 3. The fourth-order valence-electron chi connectivity index (χ4n) is 3.97. The molecular weight excluding hydrogens is 414 g/mol. The van der Waals surface area contributed by atoms with Crippen LogP contribution in [-0.2, 0) is 10.0 Å². The van der Waals surface area contributed by atoms with Gasteiger partial charge < -0.3 is 9.80 Å². The minimum atomic E-state index is -3.35. The van der Waals surface area contributed by atoms with E-state index in [1.54, 1.807) is 28.0 Å². The predicted octanol–water partition coefficient (Wildman–Crippen LogP) is 2.67. The Balaban J connectivity index is 1.58. The Morgan fingerprint density at radius 1 is 1.00 bits per heavy atom. The highest BCUT2D eigenvalue weighted by Crippen LogP contribution is 2.39. The van der Waals surface area contributed by atoms with Gasteiger partial charge in [-0.2, -0.15) is 0 Å². The van der Waals surface area contributed by atoms with Gasteiger partial charge in [-0.05, 0) is 48.9 Å². The second-order valence-corrected chi connectivity index (χ2v) is 9.30. The smallest absolute Gasteiger partial charge is 0.324 e. The Morgan fingerprint density at radius 2 is 1.70 bits per heavy atom. The molecule has 0 unspecified atom stereocenters. The zero-order valence-corrected chi connectivity index (χ0v) is 17.2. The van der Waals surface area contributed by atoms with Gasteiger partial charge in [-0.3, -0.25) is 4.90 Å². The molecule has 30 heavy (non-hydrogen) atoms. The molecule has 2 aliphatic rings. The predicted molar refractivity (Wildman–Crippen MR) is 111 cm³/mol. The first-order valence-corrected chi connectivity index (χ1v) is 11.5. The zero-order valence-electron chi connectivity index (χ0n) is 16.4. The molecule has 0 saturated carbocycles. The van der Waals surface area contributed by atoms with E-state index in [1.165, 1.54) is 24.3 Å². The van der Waals surface area contributed by atoms with Gasteiger partial charge in [0.1, 0.15) is 11.6 Å². The van der Waals surface area contributed by atoms with Crippen LogP contribution in [0.15, 0.2) is 42.5 Å². The average Bonchev–Trinajstić information content (AvgIpc) is 3.14. The summed E-state index contributed by atoms with van der Waals surface area (Å²) < 4.78 is 52.8. The molecule has 4 rings (SSSR count). The number of benzene rings is 2. The van der Waals surface area contributed by atoms with Gasteiger partial charge in [-0.25, -0.2) is 26.7 Å². The standard InChI is InChI=1S/C20H22F2N4O3S/c1-30(28,29)23-16-8-9-24(13-16)20(27)26-11-10-25(17-5-2-14(21)3-6-17)19-12-15(22)4-7-18(19)26/h2-7,12,16,23H,8-11,13H2,1H3/t16-/m0/s1. The summed E-state index contributed by atoms with van der Waals surface area (Å²) in [5.74, 6) is -0.799. The van der Waals surface area contributed by atoms with Crippen LogP contribution in [0.2, 0.25) is 0 Å². The summed E-state index contributed by atoms with van der Waals surface area (Å²) in [6.45, 7) is 1.48. The van der Waals surface area contributed by atoms with E-state index in [2.05, 4.69) is 4.72 Å². The van der Waals surface area contributed by atoms with Crippen LogP contribution >= 0.6 is 0 Å². The van der Waals surface area contributed by atoms with Crippen molar-refractivity contribution in [2.45, 2.75) is 12.5 Å². The normalized spacial score (nSPS) is 19.2. The summed E-state index contributed by atoms with van der Waals surface area (Å²) in [6, 6.07) is 9.54. The topological polar surface area (TPSA) is 73.0 Å². The average molecular weight is 436 g/mol. The fraction of sp³-hybridized carbons (Fsp3) is 0.350. The van der Waals surface area contributed by atoms with Gasteiger partial charge in [-0.1, -0.05) is 0 Å². The number of carbonyl (C=O) groups excluding carboxylic acids is 1. The van der Waals surface area contributed by atoms with Crippen molar-refractivity contribution in [1.29, 1.82) is 0 Å². The zero-order chi connectivity index (χ0) is 21.5. The maximum atomic E-state index is 14.0. The Bertz CT molecular complexity index is 1060. The second kappa shape index (κ2) is 7.84. The number of hydrogen-bond acceptors (Lipinski definition) is 4. The van der Waals surface area contributed by atoms with E-state index in [0.717, 1.165) is 6.26 Å². The summed E-state index contributed by atoms with van der Waals surface area (Å²) in [5.41, 5.74) is 1.77.